The van der Waals surface area contributed by atoms with Crippen LogP contribution >= 0.6 is 0 Å². The molecule has 4 heteroatoms. The van der Waals surface area contributed by atoms with Crippen molar-refractivity contribution in [3.8, 4) is 0 Å². The van der Waals surface area contributed by atoms with Gasteiger partial charge in [0.15, 0.2) is 0 Å². The highest BCUT2D eigenvalue weighted by Gasteiger charge is 2.24. The van der Waals surface area contributed by atoms with Crippen molar-refractivity contribution in [3.63, 3.8) is 0 Å². The van der Waals surface area contributed by atoms with Crippen molar-refractivity contribution in [1.82, 2.24) is 9.88 Å². The van der Waals surface area contributed by atoms with Gasteiger partial charge in [-0.25, -0.2) is 4.98 Å². The van der Waals surface area contributed by atoms with Crippen LogP contribution in [0.25, 0.3) is 0 Å². The number of amides is 1. The molecule has 27 heavy (non-hydrogen) atoms. The van der Waals surface area contributed by atoms with E-state index in [1.165, 1.54) is 0 Å². The van der Waals surface area contributed by atoms with Gasteiger partial charge < -0.3 is 10.2 Å². The van der Waals surface area contributed by atoms with Crippen molar-refractivity contribution in [2.75, 3.05) is 12.4 Å². The standard InChI is InChI=1S/C23H25N3O/c1-17(2)25-21-15-14-20(16-24-21)23(27)26(3)22(18-10-6-4-7-11-18)19-12-8-5-9-13-19/h4-17,22H,1-3H3,(H,24,25). The molecule has 3 aromatic rings. The van der Waals surface area contributed by atoms with Gasteiger partial charge in [0.25, 0.3) is 5.91 Å². The molecule has 0 aliphatic carbocycles. The molecule has 0 bridgehead atoms. The Morgan fingerprint density at radius 3 is 1.89 bits per heavy atom. The summed E-state index contributed by atoms with van der Waals surface area (Å²) in [5.41, 5.74) is 2.72. The Morgan fingerprint density at radius 1 is 0.889 bits per heavy atom. The average molecular weight is 359 g/mol. The van der Waals surface area contributed by atoms with Gasteiger partial charge in [0.1, 0.15) is 5.82 Å². The molecule has 0 fully saturated rings. The smallest absolute Gasteiger partial charge is 0.255 e. The number of aromatic nitrogens is 1. The second-order valence-corrected chi connectivity index (χ2v) is 6.87. The summed E-state index contributed by atoms with van der Waals surface area (Å²) >= 11 is 0. The van der Waals surface area contributed by atoms with Crippen LogP contribution in [0.3, 0.4) is 0 Å². The van der Waals surface area contributed by atoms with Crippen LogP contribution in [0.4, 0.5) is 5.82 Å². The first-order valence-corrected chi connectivity index (χ1v) is 9.16. The molecule has 4 nitrogen and oxygen atoms in total. The number of hydrogen-bond acceptors (Lipinski definition) is 3. The molecule has 1 amide bonds. The van der Waals surface area contributed by atoms with Crippen molar-refractivity contribution in [1.29, 1.82) is 0 Å². The lowest BCUT2D eigenvalue weighted by molar-refractivity contribution is 0.0754. The molecular formula is C23H25N3O. The number of nitrogens with one attached hydrogen (secondary N) is 1. The Bertz CT molecular complexity index is 822. The molecule has 1 aromatic heterocycles. The van der Waals surface area contributed by atoms with Crippen molar-refractivity contribution in [3.05, 3.63) is 95.7 Å². The van der Waals surface area contributed by atoms with E-state index in [4.69, 9.17) is 0 Å². The minimum Gasteiger partial charge on any atom is -0.368 e. The molecule has 0 atom stereocenters. The number of hydrogen-bond donors (Lipinski definition) is 1. The van der Waals surface area contributed by atoms with E-state index in [9.17, 15) is 4.79 Å². The summed E-state index contributed by atoms with van der Waals surface area (Å²) in [6, 6.07) is 24.0. The lowest BCUT2D eigenvalue weighted by atomic mass is 9.97. The predicted octanol–water partition coefficient (Wildman–Crippen LogP) is 4.76. The van der Waals surface area contributed by atoms with Crippen LogP contribution in [0.5, 0.6) is 0 Å². The van der Waals surface area contributed by atoms with E-state index < -0.39 is 0 Å². The van der Waals surface area contributed by atoms with Gasteiger partial charge in [-0.2, -0.15) is 0 Å². The third kappa shape index (κ3) is 4.53. The molecular weight excluding hydrogens is 334 g/mol. The molecule has 0 saturated carbocycles. The van der Waals surface area contributed by atoms with Crippen LogP contribution in [0.15, 0.2) is 79.0 Å². The Kier molecular flexibility index (Phi) is 5.87. The second kappa shape index (κ2) is 8.49. The van der Waals surface area contributed by atoms with Gasteiger partial charge in [-0.15, -0.1) is 0 Å². The third-order valence-corrected chi connectivity index (χ3v) is 4.39. The normalized spacial score (nSPS) is 10.9. The summed E-state index contributed by atoms with van der Waals surface area (Å²) in [6.07, 6.45) is 1.64. The summed E-state index contributed by atoms with van der Waals surface area (Å²) in [6.45, 7) is 4.11. The maximum absolute atomic E-state index is 13.1. The van der Waals surface area contributed by atoms with Gasteiger partial charge in [-0.05, 0) is 37.1 Å². The van der Waals surface area contributed by atoms with Crippen LogP contribution in [0, 0.1) is 0 Å². The van der Waals surface area contributed by atoms with Crippen LogP contribution in [0.2, 0.25) is 0 Å². The first-order chi connectivity index (χ1) is 13.1. The fraction of sp³-hybridized carbons (Fsp3) is 0.217. The Balaban J connectivity index is 1.90. The molecule has 0 spiro atoms. The highest BCUT2D eigenvalue weighted by molar-refractivity contribution is 5.94. The second-order valence-electron chi connectivity index (χ2n) is 6.87. The third-order valence-electron chi connectivity index (χ3n) is 4.39. The summed E-state index contributed by atoms with van der Waals surface area (Å²) < 4.78 is 0. The number of carbonyl (C=O) groups excluding carboxylic acids is 1. The lowest BCUT2D eigenvalue weighted by Crippen LogP contribution is -2.32. The zero-order valence-electron chi connectivity index (χ0n) is 16.0. The SMILES string of the molecule is CC(C)Nc1ccc(C(=O)N(C)C(c2ccccc2)c2ccccc2)cn1. The summed E-state index contributed by atoms with van der Waals surface area (Å²) in [5, 5.41) is 3.24. The van der Waals surface area contributed by atoms with E-state index in [0.717, 1.165) is 16.9 Å². The Labute approximate surface area is 160 Å². The highest BCUT2D eigenvalue weighted by Crippen LogP contribution is 2.28. The predicted molar refractivity (Wildman–Crippen MR) is 110 cm³/mol. The molecule has 0 aliphatic heterocycles. The highest BCUT2D eigenvalue weighted by atomic mass is 16.2. The van der Waals surface area contributed by atoms with Crippen molar-refractivity contribution >= 4 is 11.7 Å². The molecule has 1 N–H and O–H groups in total. The molecule has 0 radical (unpaired) electrons. The number of pyridine rings is 1. The quantitative estimate of drug-likeness (QED) is 0.690. The topological polar surface area (TPSA) is 45.2 Å². The average Bonchev–Trinajstić information content (AvgIpc) is 2.69. The van der Waals surface area contributed by atoms with E-state index in [0.29, 0.717) is 11.6 Å². The van der Waals surface area contributed by atoms with Gasteiger partial charge in [0.05, 0.1) is 11.6 Å². The minimum absolute atomic E-state index is 0.0590. The minimum atomic E-state index is -0.159. The zero-order valence-corrected chi connectivity index (χ0v) is 16.0. The van der Waals surface area contributed by atoms with Crippen LogP contribution in [-0.2, 0) is 0 Å². The first kappa shape index (κ1) is 18.6. The van der Waals surface area contributed by atoms with E-state index in [1.54, 1.807) is 11.1 Å². The number of carbonyl (C=O) groups is 1. The number of rotatable bonds is 6. The van der Waals surface area contributed by atoms with E-state index >= 15 is 0 Å². The Hall–Kier alpha value is -3.14. The Morgan fingerprint density at radius 2 is 1.44 bits per heavy atom. The zero-order chi connectivity index (χ0) is 19.2. The number of anilines is 1. The molecule has 138 valence electrons. The van der Waals surface area contributed by atoms with Crippen molar-refractivity contribution < 1.29 is 4.79 Å². The van der Waals surface area contributed by atoms with Gasteiger partial charge in [-0.3, -0.25) is 4.79 Å². The van der Waals surface area contributed by atoms with Crippen LogP contribution in [-0.4, -0.2) is 28.9 Å². The summed E-state index contributed by atoms with van der Waals surface area (Å²) in [4.78, 5) is 19.3. The number of nitrogens with zero attached hydrogens (tertiary/aromatic N) is 2. The monoisotopic (exact) mass is 359 g/mol. The maximum atomic E-state index is 13.1. The fourth-order valence-corrected chi connectivity index (χ4v) is 3.13. The van der Waals surface area contributed by atoms with Gasteiger partial charge >= 0.3 is 0 Å². The maximum Gasteiger partial charge on any atom is 0.255 e. The molecule has 0 aliphatic rings. The largest absolute Gasteiger partial charge is 0.368 e. The van der Waals surface area contributed by atoms with E-state index in [2.05, 4.69) is 48.4 Å². The van der Waals surface area contributed by atoms with Crippen LogP contribution in [0.1, 0.15) is 41.4 Å². The molecule has 1 heterocycles. The lowest BCUT2D eigenvalue weighted by Gasteiger charge is -2.29. The fourth-order valence-electron chi connectivity index (χ4n) is 3.13. The van der Waals surface area contributed by atoms with Crippen LogP contribution < -0.4 is 5.32 Å². The molecule has 0 unspecified atom stereocenters. The summed E-state index contributed by atoms with van der Waals surface area (Å²) in [5.74, 6) is 0.711. The number of benzene rings is 2. The molecule has 0 saturated heterocycles. The summed E-state index contributed by atoms with van der Waals surface area (Å²) in [7, 11) is 1.84. The molecule has 3 rings (SSSR count). The van der Waals surface area contributed by atoms with Crippen molar-refractivity contribution in [2.45, 2.75) is 25.9 Å². The van der Waals surface area contributed by atoms with E-state index in [-0.39, 0.29) is 11.9 Å². The van der Waals surface area contributed by atoms with Gasteiger partial charge in [-0.1, -0.05) is 60.7 Å². The van der Waals surface area contributed by atoms with Gasteiger partial charge in [0.2, 0.25) is 0 Å². The van der Waals surface area contributed by atoms with Gasteiger partial charge in [0, 0.05) is 19.3 Å². The first-order valence-electron chi connectivity index (χ1n) is 9.16. The van der Waals surface area contributed by atoms with E-state index in [1.807, 2.05) is 55.6 Å². The van der Waals surface area contributed by atoms with Crippen molar-refractivity contribution in [2.24, 2.45) is 0 Å². The molecule has 2 aromatic carbocycles.